The Morgan fingerprint density at radius 3 is 3.09 bits per heavy atom. The van der Waals surface area contributed by atoms with E-state index in [-0.39, 0.29) is 17.9 Å². The van der Waals surface area contributed by atoms with Gasteiger partial charge >= 0.3 is 6.03 Å². The van der Waals surface area contributed by atoms with E-state index in [4.69, 9.17) is 9.15 Å². The number of halogens is 1. The first-order chi connectivity index (χ1) is 10.7. The number of furan rings is 1. The van der Waals surface area contributed by atoms with Crippen LogP contribution in [0.3, 0.4) is 0 Å². The Kier molecular flexibility index (Phi) is 4.27. The Morgan fingerprint density at radius 1 is 1.36 bits per heavy atom. The average Bonchev–Trinajstić information content (AvgIpc) is 2.95. The smallest absolute Gasteiger partial charge is 0.315 e. The van der Waals surface area contributed by atoms with Crippen molar-refractivity contribution in [3.63, 3.8) is 0 Å². The second-order valence-electron chi connectivity index (χ2n) is 5.13. The highest BCUT2D eigenvalue weighted by Crippen LogP contribution is 2.31. The second kappa shape index (κ2) is 6.51. The molecule has 2 amide bonds. The summed E-state index contributed by atoms with van der Waals surface area (Å²) >= 11 is 0. The third-order valence-electron chi connectivity index (χ3n) is 3.55. The van der Waals surface area contributed by atoms with Crippen molar-refractivity contribution in [2.24, 2.45) is 0 Å². The van der Waals surface area contributed by atoms with Crippen LogP contribution >= 0.6 is 0 Å². The van der Waals surface area contributed by atoms with E-state index in [2.05, 4.69) is 10.6 Å². The van der Waals surface area contributed by atoms with Crippen LogP contribution in [0.25, 0.3) is 0 Å². The molecule has 1 aromatic carbocycles. The molecule has 22 heavy (non-hydrogen) atoms. The molecule has 5 nitrogen and oxygen atoms in total. The SMILES string of the molecule is O=C(NCc1ccco1)N[C@H]1CCCOc2cc(F)ccc21. The lowest BCUT2D eigenvalue weighted by Gasteiger charge is -2.18. The van der Waals surface area contributed by atoms with Gasteiger partial charge in [0.1, 0.15) is 17.3 Å². The summed E-state index contributed by atoms with van der Waals surface area (Å²) < 4.78 is 24.0. The summed E-state index contributed by atoms with van der Waals surface area (Å²) in [7, 11) is 0. The van der Waals surface area contributed by atoms with Gasteiger partial charge in [0.25, 0.3) is 0 Å². The number of urea groups is 1. The van der Waals surface area contributed by atoms with Crippen LogP contribution in [0, 0.1) is 5.82 Å². The number of fused-ring (bicyclic) bond motifs is 1. The fourth-order valence-electron chi connectivity index (χ4n) is 2.49. The zero-order valence-electron chi connectivity index (χ0n) is 12.0. The van der Waals surface area contributed by atoms with Crippen LogP contribution < -0.4 is 15.4 Å². The molecule has 2 heterocycles. The van der Waals surface area contributed by atoms with E-state index in [0.717, 1.165) is 18.4 Å². The van der Waals surface area contributed by atoms with Gasteiger partial charge in [0, 0.05) is 11.6 Å². The Labute approximate surface area is 127 Å². The molecule has 0 fully saturated rings. The molecule has 0 bridgehead atoms. The summed E-state index contributed by atoms with van der Waals surface area (Å²) in [4.78, 5) is 12.0. The molecule has 0 unspecified atom stereocenters. The van der Waals surface area contributed by atoms with Crippen LogP contribution in [0.15, 0.2) is 41.0 Å². The van der Waals surface area contributed by atoms with Gasteiger partial charge in [-0.15, -0.1) is 0 Å². The topological polar surface area (TPSA) is 63.5 Å². The van der Waals surface area contributed by atoms with E-state index in [1.165, 1.54) is 12.1 Å². The predicted molar refractivity (Wildman–Crippen MR) is 77.9 cm³/mol. The normalized spacial score (nSPS) is 17.0. The number of rotatable bonds is 3. The number of hydrogen-bond acceptors (Lipinski definition) is 3. The highest BCUT2D eigenvalue weighted by atomic mass is 19.1. The fourth-order valence-corrected chi connectivity index (χ4v) is 2.49. The van der Waals surface area contributed by atoms with E-state index < -0.39 is 0 Å². The van der Waals surface area contributed by atoms with Gasteiger partial charge in [-0.3, -0.25) is 0 Å². The fraction of sp³-hybridized carbons (Fsp3) is 0.312. The minimum atomic E-state index is -0.346. The molecule has 3 rings (SSSR count). The summed E-state index contributed by atoms with van der Waals surface area (Å²) in [6.45, 7) is 0.834. The van der Waals surface area contributed by atoms with Crippen molar-refractivity contribution in [1.82, 2.24) is 10.6 Å². The first-order valence-corrected chi connectivity index (χ1v) is 7.21. The maximum Gasteiger partial charge on any atom is 0.315 e. The largest absolute Gasteiger partial charge is 0.493 e. The van der Waals surface area contributed by atoms with Gasteiger partial charge in [-0.05, 0) is 31.0 Å². The van der Waals surface area contributed by atoms with Crippen molar-refractivity contribution in [1.29, 1.82) is 0 Å². The molecule has 0 saturated heterocycles. The third kappa shape index (κ3) is 3.39. The van der Waals surface area contributed by atoms with Crippen molar-refractivity contribution in [2.45, 2.75) is 25.4 Å². The van der Waals surface area contributed by atoms with Crippen LogP contribution in [0.4, 0.5) is 9.18 Å². The quantitative estimate of drug-likeness (QED) is 0.915. The monoisotopic (exact) mass is 304 g/mol. The molecule has 0 aliphatic carbocycles. The zero-order valence-corrected chi connectivity index (χ0v) is 12.0. The van der Waals surface area contributed by atoms with Crippen molar-refractivity contribution < 1.29 is 18.3 Å². The number of ether oxygens (including phenoxy) is 1. The first-order valence-electron chi connectivity index (χ1n) is 7.21. The number of hydrogen-bond donors (Lipinski definition) is 2. The van der Waals surface area contributed by atoms with E-state index >= 15 is 0 Å². The molecule has 2 aromatic rings. The summed E-state index contributed by atoms with van der Waals surface area (Å²) in [5.41, 5.74) is 0.798. The van der Waals surface area contributed by atoms with E-state index in [1.807, 2.05) is 0 Å². The van der Waals surface area contributed by atoms with Crippen molar-refractivity contribution >= 4 is 6.03 Å². The van der Waals surface area contributed by atoms with Crippen LogP contribution in [-0.2, 0) is 6.54 Å². The van der Waals surface area contributed by atoms with Crippen molar-refractivity contribution in [3.05, 3.63) is 53.7 Å². The van der Waals surface area contributed by atoms with Gasteiger partial charge in [-0.2, -0.15) is 0 Å². The Hall–Kier alpha value is -2.50. The summed E-state index contributed by atoms with van der Waals surface area (Å²) in [6, 6.07) is 7.46. The van der Waals surface area contributed by atoms with Gasteiger partial charge in [0.05, 0.1) is 25.5 Å². The third-order valence-corrected chi connectivity index (χ3v) is 3.55. The Bertz CT molecular complexity index is 643. The van der Waals surface area contributed by atoms with Crippen LogP contribution in [-0.4, -0.2) is 12.6 Å². The van der Waals surface area contributed by atoms with E-state index in [9.17, 15) is 9.18 Å². The zero-order chi connectivity index (χ0) is 15.4. The molecule has 116 valence electrons. The van der Waals surface area contributed by atoms with Crippen LogP contribution in [0.1, 0.15) is 30.2 Å². The van der Waals surface area contributed by atoms with Gasteiger partial charge in [-0.1, -0.05) is 6.07 Å². The molecular weight excluding hydrogens is 287 g/mol. The lowest BCUT2D eigenvalue weighted by Crippen LogP contribution is -2.37. The van der Waals surface area contributed by atoms with Gasteiger partial charge in [-0.25, -0.2) is 9.18 Å². The van der Waals surface area contributed by atoms with E-state index in [1.54, 1.807) is 24.5 Å². The minimum absolute atomic E-state index is 0.199. The van der Waals surface area contributed by atoms with Gasteiger partial charge in [0.15, 0.2) is 0 Å². The average molecular weight is 304 g/mol. The molecule has 1 aliphatic heterocycles. The number of carbonyl (C=O) groups excluding carboxylic acids is 1. The maximum absolute atomic E-state index is 13.3. The van der Waals surface area contributed by atoms with E-state index in [0.29, 0.717) is 24.7 Å². The lowest BCUT2D eigenvalue weighted by molar-refractivity contribution is 0.235. The summed E-state index contributed by atoms with van der Waals surface area (Å²) in [6.07, 6.45) is 3.09. The molecule has 0 radical (unpaired) electrons. The highest BCUT2D eigenvalue weighted by Gasteiger charge is 2.21. The maximum atomic E-state index is 13.3. The molecule has 2 N–H and O–H groups in total. The molecule has 1 atom stereocenters. The molecule has 1 aliphatic rings. The number of amides is 2. The Balaban J connectivity index is 1.65. The summed E-state index contributed by atoms with van der Waals surface area (Å²) in [5.74, 6) is 0.831. The lowest BCUT2D eigenvalue weighted by atomic mass is 10.0. The molecule has 0 saturated carbocycles. The van der Waals surface area contributed by atoms with Gasteiger partial charge in [0.2, 0.25) is 0 Å². The summed E-state index contributed by atoms with van der Waals surface area (Å²) in [5, 5.41) is 5.64. The molecule has 0 spiro atoms. The van der Waals surface area contributed by atoms with Crippen LogP contribution in [0.5, 0.6) is 5.75 Å². The second-order valence-corrected chi connectivity index (χ2v) is 5.13. The van der Waals surface area contributed by atoms with Crippen molar-refractivity contribution in [2.75, 3.05) is 6.61 Å². The first kappa shape index (κ1) is 14.4. The van der Waals surface area contributed by atoms with Crippen molar-refractivity contribution in [3.8, 4) is 5.75 Å². The molecule has 1 aromatic heterocycles. The van der Waals surface area contributed by atoms with Gasteiger partial charge < -0.3 is 19.8 Å². The molecule has 6 heteroatoms. The highest BCUT2D eigenvalue weighted by molar-refractivity contribution is 5.74. The predicted octanol–water partition coefficient (Wildman–Crippen LogP) is 3.13. The standard InChI is InChI=1S/C16H17FN2O3/c17-11-5-6-13-14(4-2-8-22-15(13)9-11)19-16(20)18-10-12-3-1-7-21-12/h1,3,5-7,9,14H,2,4,8,10H2,(H2,18,19,20)/t14-/m0/s1. The number of benzene rings is 1. The number of nitrogens with one attached hydrogen (secondary N) is 2. The Morgan fingerprint density at radius 2 is 2.27 bits per heavy atom. The van der Waals surface area contributed by atoms with Crippen LogP contribution in [0.2, 0.25) is 0 Å². The molecular formula is C16H17FN2O3. The minimum Gasteiger partial charge on any atom is -0.493 e. The number of carbonyl (C=O) groups is 1.